The van der Waals surface area contributed by atoms with Gasteiger partial charge in [0.2, 0.25) is 5.91 Å². The molecule has 1 N–H and O–H groups in total. The fourth-order valence-electron chi connectivity index (χ4n) is 3.93. The summed E-state index contributed by atoms with van der Waals surface area (Å²) >= 11 is 1.68. The summed E-state index contributed by atoms with van der Waals surface area (Å²) in [6, 6.07) is 12.2. The summed E-state index contributed by atoms with van der Waals surface area (Å²) in [4.78, 5) is 26.4. The number of hydrogen-bond donors (Lipinski definition) is 1. The Morgan fingerprint density at radius 2 is 1.88 bits per heavy atom. The van der Waals surface area contributed by atoms with Gasteiger partial charge in [0.15, 0.2) is 5.78 Å². The second-order valence-electron chi connectivity index (χ2n) is 6.60. The van der Waals surface area contributed by atoms with Crippen LogP contribution in [0.15, 0.2) is 53.0 Å². The molecule has 122 valence electrons. The highest BCUT2D eigenvalue weighted by atomic mass is 32.1. The minimum Gasteiger partial charge on any atom is -0.329 e. The van der Waals surface area contributed by atoms with E-state index >= 15 is 0 Å². The minimum absolute atomic E-state index is 0.0154. The van der Waals surface area contributed by atoms with E-state index in [4.69, 9.17) is 0 Å². The van der Waals surface area contributed by atoms with E-state index in [-0.39, 0.29) is 23.5 Å². The summed E-state index contributed by atoms with van der Waals surface area (Å²) < 4.78 is 0. The third-order valence-corrected chi connectivity index (χ3v) is 6.08. The summed E-state index contributed by atoms with van der Waals surface area (Å²) in [6.07, 6.45) is 1.65. The largest absolute Gasteiger partial charge is 0.329 e. The molecule has 2 aromatic rings. The van der Waals surface area contributed by atoms with Gasteiger partial charge >= 0.3 is 0 Å². The van der Waals surface area contributed by atoms with Crippen LogP contribution in [0.5, 0.6) is 0 Å². The predicted octanol–water partition coefficient (Wildman–Crippen LogP) is 4.06. The summed E-state index contributed by atoms with van der Waals surface area (Å²) in [5.41, 5.74) is 3.91. The molecule has 4 rings (SSSR count). The quantitative estimate of drug-likeness (QED) is 0.898. The van der Waals surface area contributed by atoms with Crippen LogP contribution >= 0.6 is 11.3 Å². The van der Waals surface area contributed by atoms with Gasteiger partial charge in [-0.2, -0.15) is 0 Å². The molecule has 1 aliphatic heterocycles. The van der Waals surface area contributed by atoms with Crippen molar-refractivity contribution in [2.24, 2.45) is 0 Å². The molecule has 24 heavy (non-hydrogen) atoms. The number of hydrogen-bond acceptors (Lipinski definition) is 3. The number of carbonyl (C=O) groups is 2. The van der Waals surface area contributed by atoms with Crippen LogP contribution < -0.4 is 5.32 Å². The standard InChI is InChI=1S/C20H19NO2S/c1-12-5-2-3-6-14(12)15-11-19(23)21-16-9-13(10-17(22)20(15)16)18-7-4-8-24-18/h2-8,13,15H,9-11H2,1H3,(H,21,23). The Hall–Kier alpha value is -2.20. The van der Waals surface area contributed by atoms with E-state index in [9.17, 15) is 9.59 Å². The van der Waals surface area contributed by atoms with Crippen molar-refractivity contribution in [1.82, 2.24) is 5.32 Å². The number of rotatable bonds is 2. The van der Waals surface area contributed by atoms with Gasteiger partial charge in [-0.1, -0.05) is 30.3 Å². The molecule has 0 spiro atoms. The Morgan fingerprint density at radius 3 is 2.62 bits per heavy atom. The van der Waals surface area contributed by atoms with Crippen LogP contribution in [0.1, 0.15) is 47.1 Å². The molecule has 0 bridgehead atoms. The maximum atomic E-state index is 12.9. The third kappa shape index (κ3) is 2.61. The van der Waals surface area contributed by atoms with E-state index in [1.54, 1.807) is 11.3 Å². The number of carbonyl (C=O) groups excluding carboxylic acids is 2. The van der Waals surface area contributed by atoms with Crippen LogP contribution in [0.2, 0.25) is 0 Å². The average molecular weight is 337 g/mol. The number of allylic oxidation sites excluding steroid dienone is 2. The molecular weight excluding hydrogens is 318 g/mol. The smallest absolute Gasteiger partial charge is 0.225 e. The van der Waals surface area contributed by atoms with Crippen molar-refractivity contribution >= 4 is 23.0 Å². The summed E-state index contributed by atoms with van der Waals surface area (Å²) in [7, 11) is 0. The lowest BCUT2D eigenvalue weighted by Gasteiger charge is -2.34. The highest BCUT2D eigenvalue weighted by molar-refractivity contribution is 7.10. The Balaban J connectivity index is 1.76. The Bertz CT molecular complexity index is 835. The average Bonchev–Trinajstić information content (AvgIpc) is 3.08. The zero-order valence-corrected chi connectivity index (χ0v) is 14.4. The molecular formula is C20H19NO2S. The van der Waals surface area contributed by atoms with Gasteiger partial charge in [-0.25, -0.2) is 0 Å². The number of amides is 1. The summed E-state index contributed by atoms with van der Waals surface area (Å²) in [5.74, 6) is 0.281. The zero-order valence-electron chi connectivity index (χ0n) is 13.5. The van der Waals surface area contributed by atoms with Crippen molar-refractivity contribution in [2.75, 3.05) is 0 Å². The second-order valence-corrected chi connectivity index (χ2v) is 7.58. The first-order chi connectivity index (χ1) is 11.6. The molecule has 0 saturated heterocycles. The molecule has 1 aromatic heterocycles. The Morgan fingerprint density at radius 1 is 1.04 bits per heavy atom. The lowest BCUT2D eigenvalue weighted by atomic mass is 9.74. The van der Waals surface area contributed by atoms with E-state index < -0.39 is 0 Å². The fraction of sp³-hybridized carbons (Fsp3) is 0.300. The first-order valence-corrected chi connectivity index (χ1v) is 9.16. The number of thiophene rings is 1. The van der Waals surface area contributed by atoms with E-state index in [2.05, 4.69) is 11.4 Å². The normalized spacial score (nSPS) is 23.9. The van der Waals surface area contributed by atoms with Gasteiger partial charge in [0.25, 0.3) is 0 Å². The first-order valence-electron chi connectivity index (χ1n) is 8.28. The predicted molar refractivity (Wildman–Crippen MR) is 95.0 cm³/mol. The number of benzene rings is 1. The van der Waals surface area contributed by atoms with Gasteiger partial charge in [0.1, 0.15) is 0 Å². The topological polar surface area (TPSA) is 46.2 Å². The molecule has 2 atom stereocenters. The number of Topliss-reactive ketones (excluding diaryl/α,β-unsaturated/α-hetero) is 1. The third-order valence-electron chi connectivity index (χ3n) is 5.05. The number of nitrogens with one attached hydrogen (secondary N) is 1. The molecule has 2 aliphatic rings. The first kappa shape index (κ1) is 15.3. The molecule has 0 radical (unpaired) electrons. The minimum atomic E-state index is -0.105. The van der Waals surface area contributed by atoms with E-state index in [1.807, 2.05) is 42.6 Å². The Kier molecular flexibility index (Phi) is 3.85. The molecule has 1 aliphatic carbocycles. The lowest BCUT2D eigenvalue weighted by molar-refractivity contribution is -0.122. The maximum Gasteiger partial charge on any atom is 0.225 e. The number of ketones is 1. The van der Waals surface area contributed by atoms with Crippen molar-refractivity contribution in [3.05, 3.63) is 69.1 Å². The Labute approximate surface area is 145 Å². The summed E-state index contributed by atoms with van der Waals surface area (Å²) in [5, 5.41) is 5.03. The van der Waals surface area contributed by atoms with E-state index in [0.29, 0.717) is 12.8 Å². The molecule has 2 heterocycles. The van der Waals surface area contributed by atoms with Gasteiger partial charge in [0.05, 0.1) is 0 Å². The maximum absolute atomic E-state index is 12.9. The van der Waals surface area contributed by atoms with Gasteiger partial charge < -0.3 is 5.32 Å². The highest BCUT2D eigenvalue weighted by Crippen LogP contribution is 2.43. The molecule has 2 unspecified atom stereocenters. The van der Waals surface area contributed by atoms with Gasteiger partial charge in [-0.3, -0.25) is 9.59 Å². The van der Waals surface area contributed by atoms with Gasteiger partial charge in [-0.05, 0) is 35.9 Å². The molecule has 0 fully saturated rings. The van der Waals surface area contributed by atoms with Crippen LogP contribution in [0.25, 0.3) is 0 Å². The van der Waals surface area contributed by atoms with E-state index in [0.717, 1.165) is 28.8 Å². The number of aryl methyl sites for hydroxylation is 1. The van der Waals surface area contributed by atoms with E-state index in [1.165, 1.54) is 4.88 Å². The fourth-order valence-corrected chi connectivity index (χ4v) is 4.76. The molecule has 1 aromatic carbocycles. The lowest BCUT2D eigenvalue weighted by Crippen LogP contribution is -2.38. The molecule has 0 saturated carbocycles. The van der Waals surface area contributed by atoms with Crippen molar-refractivity contribution < 1.29 is 9.59 Å². The monoisotopic (exact) mass is 337 g/mol. The zero-order chi connectivity index (χ0) is 16.7. The van der Waals surface area contributed by atoms with Crippen molar-refractivity contribution in [1.29, 1.82) is 0 Å². The van der Waals surface area contributed by atoms with Gasteiger partial charge in [-0.15, -0.1) is 11.3 Å². The SMILES string of the molecule is Cc1ccccc1C1CC(=O)NC2=C1C(=O)CC(c1cccs1)C2. The van der Waals surface area contributed by atoms with Crippen LogP contribution in [-0.4, -0.2) is 11.7 Å². The van der Waals surface area contributed by atoms with Gasteiger partial charge in [0, 0.05) is 40.8 Å². The summed E-state index contributed by atoms with van der Waals surface area (Å²) in [6.45, 7) is 2.05. The van der Waals surface area contributed by atoms with Crippen LogP contribution in [0.4, 0.5) is 0 Å². The van der Waals surface area contributed by atoms with Crippen molar-refractivity contribution in [3.63, 3.8) is 0 Å². The second kappa shape index (κ2) is 6.02. The molecule has 4 heteroatoms. The molecule has 3 nitrogen and oxygen atoms in total. The van der Waals surface area contributed by atoms with Crippen molar-refractivity contribution in [2.45, 2.75) is 38.0 Å². The molecule has 1 amide bonds. The van der Waals surface area contributed by atoms with Crippen LogP contribution in [0.3, 0.4) is 0 Å². The van der Waals surface area contributed by atoms with Crippen LogP contribution in [0, 0.1) is 6.92 Å². The van der Waals surface area contributed by atoms with Crippen molar-refractivity contribution in [3.8, 4) is 0 Å². The highest BCUT2D eigenvalue weighted by Gasteiger charge is 2.38. The van der Waals surface area contributed by atoms with Crippen LogP contribution in [-0.2, 0) is 9.59 Å².